The Balaban J connectivity index is 2.31. The first kappa shape index (κ1) is 14.7. The van der Waals surface area contributed by atoms with Gasteiger partial charge in [-0.05, 0) is 54.8 Å². The zero-order chi connectivity index (χ0) is 14.5. The van der Waals surface area contributed by atoms with Crippen molar-refractivity contribution in [1.29, 1.82) is 0 Å². The van der Waals surface area contributed by atoms with Crippen LogP contribution in [0.25, 0.3) is 0 Å². The van der Waals surface area contributed by atoms with E-state index in [4.69, 9.17) is 0 Å². The van der Waals surface area contributed by atoms with Gasteiger partial charge in [0.15, 0.2) is 0 Å². The third-order valence-electron chi connectivity index (χ3n) is 3.68. The summed E-state index contributed by atoms with van der Waals surface area (Å²) in [5.41, 5.74) is 4.67. The van der Waals surface area contributed by atoms with Crippen LogP contribution in [-0.2, 0) is 6.42 Å². The smallest absolute Gasteiger partial charge is 0.123 e. The lowest BCUT2D eigenvalue weighted by atomic mass is 9.94. The van der Waals surface area contributed by atoms with Crippen LogP contribution in [0.2, 0.25) is 0 Å². The number of halogens is 1. The fourth-order valence-electron chi connectivity index (χ4n) is 2.63. The van der Waals surface area contributed by atoms with Crippen LogP contribution in [0.5, 0.6) is 0 Å². The fraction of sp³-hybridized carbons (Fsp3) is 0.333. The second-order valence-corrected chi connectivity index (χ2v) is 5.21. The predicted octanol–water partition coefficient (Wildman–Crippen LogP) is 4.40. The van der Waals surface area contributed by atoms with Gasteiger partial charge in [-0.25, -0.2) is 4.39 Å². The number of rotatable bonds is 5. The van der Waals surface area contributed by atoms with Crippen LogP contribution >= 0.6 is 0 Å². The van der Waals surface area contributed by atoms with E-state index in [0.29, 0.717) is 0 Å². The third kappa shape index (κ3) is 3.26. The summed E-state index contributed by atoms with van der Waals surface area (Å²) in [5.74, 6) is -0.181. The number of nitrogens with one attached hydrogen (secondary N) is 1. The zero-order valence-corrected chi connectivity index (χ0v) is 12.4. The highest BCUT2D eigenvalue weighted by Crippen LogP contribution is 2.25. The minimum absolute atomic E-state index is 0.103. The van der Waals surface area contributed by atoms with E-state index >= 15 is 0 Å². The van der Waals surface area contributed by atoms with Crippen molar-refractivity contribution in [2.75, 3.05) is 7.05 Å². The van der Waals surface area contributed by atoms with E-state index < -0.39 is 0 Å². The molecule has 0 fully saturated rings. The van der Waals surface area contributed by atoms with Crippen LogP contribution in [-0.4, -0.2) is 7.05 Å². The Labute approximate surface area is 120 Å². The molecule has 1 N–H and O–H groups in total. The maximum Gasteiger partial charge on any atom is 0.123 e. The van der Waals surface area contributed by atoms with Gasteiger partial charge in [-0.3, -0.25) is 0 Å². The fourth-order valence-corrected chi connectivity index (χ4v) is 2.63. The molecule has 2 aromatic carbocycles. The van der Waals surface area contributed by atoms with Gasteiger partial charge in [-0.2, -0.15) is 0 Å². The van der Waals surface area contributed by atoms with Crippen molar-refractivity contribution in [1.82, 2.24) is 5.32 Å². The molecule has 0 saturated heterocycles. The van der Waals surface area contributed by atoms with Crippen LogP contribution in [0.1, 0.15) is 41.6 Å². The van der Waals surface area contributed by atoms with E-state index in [9.17, 15) is 4.39 Å². The summed E-state index contributed by atoms with van der Waals surface area (Å²) in [6.45, 7) is 4.14. The minimum atomic E-state index is -0.181. The van der Waals surface area contributed by atoms with Crippen molar-refractivity contribution in [3.63, 3.8) is 0 Å². The van der Waals surface area contributed by atoms with Crippen molar-refractivity contribution < 1.29 is 4.39 Å². The Morgan fingerprint density at radius 1 is 1.10 bits per heavy atom. The molecule has 1 unspecified atom stereocenters. The van der Waals surface area contributed by atoms with Gasteiger partial charge in [0, 0.05) is 0 Å². The summed E-state index contributed by atoms with van der Waals surface area (Å²) < 4.78 is 13.2. The van der Waals surface area contributed by atoms with Crippen molar-refractivity contribution >= 4 is 0 Å². The molecule has 0 aliphatic rings. The van der Waals surface area contributed by atoms with Crippen molar-refractivity contribution in [3.05, 3.63) is 70.5 Å². The number of aryl methyl sites for hydroxylation is 2. The summed E-state index contributed by atoms with van der Waals surface area (Å²) in [5, 5.41) is 3.32. The van der Waals surface area contributed by atoms with Crippen LogP contribution in [0.4, 0.5) is 4.39 Å². The molecule has 0 amide bonds. The quantitative estimate of drug-likeness (QED) is 0.850. The second-order valence-electron chi connectivity index (χ2n) is 5.21. The van der Waals surface area contributed by atoms with E-state index in [1.54, 1.807) is 6.07 Å². The highest BCUT2D eigenvalue weighted by Gasteiger charge is 2.14. The van der Waals surface area contributed by atoms with Gasteiger partial charge in [0.25, 0.3) is 0 Å². The second kappa shape index (κ2) is 6.67. The van der Waals surface area contributed by atoms with Crippen molar-refractivity contribution in [3.8, 4) is 0 Å². The lowest BCUT2D eigenvalue weighted by Crippen LogP contribution is -2.18. The largest absolute Gasteiger partial charge is 0.309 e. The zero-order valence-electron chi connectivity index (χ0n) is 12.4. The molecule has 20 heavy (non-hydrogen) atoms. The van der Waals surface area contributed by atoms with Crippen LogP contribution in [0, 0.1) is 12.7 Å². The molecule has 0 spiro atoms. The Bertz CT molecular complexity index is 560. The van der Waals surface area contributed by atoms with E-state index in [1.165, 1.54) is 17.2 Å². The number of hydrogen-bond acceptors (Lipinski definition) is 1. The van der Waals surface area contributed by atoms with Gasteiger partial charge in [-0.1, -0.05) is 43.7 Å². The first-order valence-corrected chi connectivity index (χ1v) is 7.18. The Morgan fingerprint density at radius 3 is 2.35 bits per heavy atom. The number of hydrogen-bond donors (Lipinski definition) is 1. The minimum Gasteiger partial charge on any atom is -0.309 e. The highest BCUT2D eigenvalue weighted by atomic mass is 19.1. The maximum absolute atomic E-state index is 13.2. The first-order valence-electron chi connectivity index (χ1n) is 7.18. The molecule has 0 saturated carbocycles. The summed E-state index contributed by atoms with van der Waals surface area (Å²) in [4.78, 5) is 0. The maximum atomic E-state index is 13.2. The van der Waals surface area contributed by atoms with Crippen LogP contribution in [0.15, 0.2) is 42.5 Å². The molecule has 106 valence electrons. The van der Waals surface area contributed by atoms with Gasteiger partial charge in [0.1, 0.15) is 5.82 Å². The molecular formula is C18H22FN. The molecule has 0 bridgehead atoms. The number of benzene rings is 2. The molecule has 0 aliphatic carbocycles. The van der Waals surface area contributed by atoms with E-state index in [2.05, 4.69) is 36.5 Å². The predicted molar refractivity (Wildman–Crippen MR) is 82.5 cm³/mol. The monoisotopic (exact) mass is 271 g/mol. The summed E-state index contributed by atoms with van der Waals surface area (Å²) >= 11 is 0. The summed E-state index contributed by atoms with van der Waals surface area (Å²) in [6, 6.07) is 13.8. The Morgan fingerprint density at radius 2 is 1.80 bits per heavy atom. The molecule has 0 heterocycles. The van der Waals surface area contributed by atoms with Crippen molar-refractivity contribution in [2.45, 2.75) is 32.7 Å². The molecule has 2 rings (SSSR count). The summed E-state index contributed by atoms with van der Waals surface area (Å²) in [6.07, 6.45) is 2.27. The molecular weight excluding hydrogens is 249 g/mol. The molecule has 0 aliphatic heterocycles. The molecule has 0 radical (unpaired) electrons. The highest BCUT2D eigenvalue weighted by molar-refractivity contribution is 5.38. The lowest BCUT2D eigenvalue weighted by molar-refractivity contribution is 0.621. The average Bonchev–Trinajstić information content (AvgIpc) is 2.44. The van der Waals surface area contributed by atoms with Gasteiger partial charge < -0.3 is 5.32 Å². The van der Waals surface area contributed by atoms with E-state index in [1.807, 2.05) is 20.0 Å². The first-order chi connectivity index (χ1) is 9.65. The van der Waals surface area contributed by atoms with Gasteiger partial charge in [-0.15, -0.1) is 0 Å². The van der Waals surface area contributed by atoms with E-state index in [-0.39, 0.29) is 11.9 Å². The van der Waals surface area contributed by atoms with Gasteiger partial charge in [0.2, 0.25) is 0 Å². The normalized spacial score (nSPS) is 12.4. The van der Waals surface area contributed by atoms with Crippen LogP contribution in [0.3, 0.4) is 0 Å². The molecule has 2 aromatic rings. The molecule has 1 nitrogen and oxygen atoms in total. The Hall–Kier alpha value is -1.67. The molecule has 0 aromatic heterocycles. The summed E-state index contributed by atoms with van der Waals surface area (Å²) in [7, 11) is 1.94. The standard InChI is InChI=1S/C18H22FN/c1-4-5-14-6-8-15(9-7-14)18(20-3)17-11-10-16(19)12-13(17)2/h6-12,18,20H,4-5H2,1-3H3. The van der Waals surface area contributed by atoms with Crippen molar-refractivity contribution in [2.24, 2.45) is 0 Å². The Kier molecular flexibility index (Phi) is 4.91. The lowest BCUT2D eigenvalue weighted by Gasteiger charge is -2.20. The molecule has 1 atom stereocenters. The van der Waals surface area contributed by atoms with Crippen LogP contribution < -0.4 is 5.32 Å². The average molecular weight is 271 g/mol. The van der Waals surface area contributed by atoms with E-state index in [0.717, 1.165) is 24.0 Å². The molecule has 2 heteroatoms. The topological polar surface area (TPSA) is 12.0 Å². The SMILES string of the molecule is CCCc1ccc(C(NC)c2ccc(F)cc2C)cc1. The third-order valence-corrected chi connectivity index (χ3v) is 3.68. The van der Waals surface area contributed by atoms with Gasteiger partial charge in [0.05, 0.1) is 6.04 Å². The van der Waals surface area contributed by atoms with Gasteiger partial charge >= 0.3 is 0 Å².